The SMILES string of the molecule is O=C(CCCCSC1=CC=C(O)C(=O)C1)CCSc1ccc(O)cc1. The number of aliphatic hydroxyl groups excluding tert-OH is 1. The number of benzene rings is 1. The maximum atomic E-state index is 11.9. The average Bonchev–Trinajstić information content (AvgIpc) is 2.59. The molecule has 0 aliphatic heterocycles. The number of carbonyl (C=O) groups excluding carboxylic acids is 2. The van der Waals surface area contributed by atoms with Crippen molar-refractivity contribution in [3.05, 3.63) is 47.1 Å². The standard InChI is InChI=1S/C19H22O4S2/c20-14(10-12-25-16-6-4-15(21)5-7-16)3-1-2-11-24-17-8-9-18(22)19(23)13-17/h4-9,21-22H,1-3,10-13H2. The number of phenolic OH excluding ortho intramolecular Hbond substituents is 1. The van der Waals surface area contributed by atoms with E-state index in [2.05, 4.69) is 0 Å². The molecule has 0 radical (unpaired) electrons. The summed E-state index contributed by atoms with van der Waals surface area (Å²) in [6, 6.07) is 6.99. The van der Waals surface area contributed by atoms with Crippen LogP contribution >= 0.6 is 23.5 Å². The lowest BCUT2D eigenvalue weighted by molar-refractivity contribution is -0.119. The maximum absolute atomic E-state index is 11.9. The van der Waals surface area contributed by atoms with Gasteiger partial charge >= 0.3 is 0 Å². The summed E-state index contributed by atoms with van der Waals surface area (Å²) in [6.07, 6.45) is 6.45. The smallest absolute Gasteiger partial charge is 0.201 e. The molecule has 25 heavy (non-hydrogen) atoms. The normalized spacial score (nSPS) is 14.2. The van der Waals surface area contributed by atoms with Gasteiger partial charge in [0, 0.05) is 29.9 Å². The van der Waals surface area contributed by atoms with Crippen LogP contribution < -0.4 is 0 Å². The number of hydrogen-bond donors (Lipinski definition) is 2. The van der Waals surface area contributed by atoms with Crippen molar-refractivity contribution >= 4 is 35.1 Å². The molecular weight excluding hydrogens is 356 g/mol. The summed E-state index contributed by atoms with van der Waals surface area (Å²) in [4.78, 5) is 25.3. The Hall–Kier alpha value is -1.66. The number of rotatable bonds is 10. The van der Waals surface area contributed by atoms with Crippen LogP contribution in [0.3, 0.4) is 0 Å². The van der Waals surface area contributed by atoms with E-state index in [4.69, 9.17) is 0 Å². The van der Waals surface area contributed by atoms with Crippen LogP contribution in [-0.4, -0.2) is 33.3 Å². The molecule has 2 N–H and O–H groups in total. The number of phenols is 1. The van der Waals surface area contributed by atoms with Gasteiger partial charge in [0.2, 0.25) is 5.78 Å². The van der Waals surface area contributed by atoms with Gasteiger partial charge < -0.3 is 10.2 Å². The molecule has 0 fully saturated rings. The van der Waals surface area contributed by atoms with Gasteiger partial charge in [-0.25, -0.2) is 0 Å². The molecule has 1 aromatic carbocycles. The first kappa shape index (κ1) is 19.7. The molecule has 0 saturated heterocycles. The first-order valence-corrected chi connectivity index (χ1v) is 10.2. The van der Waals surface area contributed by atoms with E-state index in [1.165, 1.54) is 6.08 Å². The summed E-state index contributed by atoms with van der Waals surface area (Å²) in [6.45, 7) is 0. The molecule has 0 spiro atoms. The number of aliphatic hydroxyl groups is 1. The van der Waals surface area contributed by atoms with Crippen LogP contribution in [0.25, 0.3) is 0 Å². The second kappa shape index (κ2) is 10.4. The molecule has 0 heterocycles. The quantitative estimate of drug-likeness (QED) is 0.456. The first-order valence-electron chi connectivity index (χ1n) is 8.24. The van der Waals surface area contributed by atoms with Crippen molar-refractivity contribution in [3.8, 4) is 5.75 Å². The summed E-state index contributed by atoms with van der Waals surface area (Å²) in [5.74, 6) is 1.76. The fourth-order valence-electron chi connectivity index (χ4n) is 2.25. The molecule has 0 atom stereocenters. The third-order valence-electron chi connectivity index (χ3n) is 3.67. The van der Waals surface area contributed by atoms with Gasteiger partial charge in [-0.1, -0.05) is 0 Å². The van der Waals surface area contributed by atoms with E-state index in [1.54, 1.807) is 41.7 Å². The molecule has 0 amide bonds. The topological polar surface area (TPSA) is 74.6 Å². The van der Waals surface area contributed by atoms with Gasteiger partial charge in [-0.2, -0.15) is 0 Å². The molecule has 1 aliphatic carbocycles. The van der Waals surface area contributed by atoms with Crippen molar-refractivity contribution in [2.24, 2.45) is 0 Å². The van der Waals surface area contributed by atoms with Crippen LogP contribution in [-0.2, 0) is 9.59 Å². The number of carbonyl (C=O) groups is 2. The molecule has 0 aromatic heterocycles. The summed E-state index contributed by atoms with van der Waals surface area (Å²) in [5.41, 5.74) is 0. The molecule has 134 valence electrons. The zero-order valence-electron chi connectivity index (χ0n) is 13.9. The van der Waals surface area contributed by atoms with Gasteiger partial charge in [0.15, 0.2) is 5.76 Å². The predicted molar refractivity (Wildman–Crippen MR) is 103 cm³/mol. The zero-order chi connectivity index (χ0) is 18.1. The molecule has 2 rings (SSSR count). The lowest BCUT2D eigenvalue weighted by Crippen LogP contribution is -2.06. The Labute approximate surface area is 156 Å². The van der Waals surface area contributed by atoms with E-state index in [0.717, 1.165) is 34.1 Å². The average molecular weight is 379 g/mol. The molecule has 0 saturated carbocycles. The fraction of sp³-hybridized carbons (Fsp3) is 0.368. The minimum absolute atomic E-state index is 0.167. The van der Waals surface area contributed by atoms with E-state index >= 15 is 0 Å². The van der Waals surface area contributed by atoms with Gasteiger partial charge in [0.05, 0.1) is 0 Å². The molecule has 4 nitrogen and oxygen atoms in total. The van der Waals surface area contributed by atoms with E-state index in [1.807, 2.05) is 12.1 Å². The van der Waals surface area contributed by atoms with Crippen LogP contribution in [0.15, 0.2) is 52.0 Å². The Morgan fingerprint density at radius 1 is 0.960 bits per heavy atom. The minimum Gasteiger partial charge on any atom is -0.508 e. The van der Waals surface area contributed by atoms with Crippen LogP contribution in [0.2, 0.25) is 0 Å². The predicted octanol–water partition coefficient (Wildman–Crippen LogP) is 4.65. The van der Waals surface area contributed by atoms with Crippen molar-refractivity contribution in [1.29, 1.82) is 0 Å². The largest absolute Gasteiger partial charge is 0.508 e. The summed E-state index contributed by atoms with van der Waals surface area (Å²) < 4.78 is 0. The van der Waals surface area contributed by atoms with Crippen molar-refractivity contribution < 1.29 is 19.8 Å². The first-order chi connectivity index (χ1) is 12.0. The van der Waals surface area contributed by atoms with E-state index < -0.39 is 0 Å². The highest BCUT2D eigenvalue weighted by Crippen LogP contribution is 2.26. The zero-order valence-corrected chi connectivity index (χ0v) is 15.6. The van der Waals surface area contributed by atoms with Crippen molar-refractivity contribution in [1.82, 2.24) is 0 Å². The Morgan fingerprint density at radius 2 is 1.72 bits per heavy atom. The van der Waals surface area contributed by atoms with Crippen LogP contribution in [0.5, 0.6) is 5.75 Å². The summed E-state index contributed by atoms with van der Waals surface area (Å²) >= 11 is 3.24. The lowest BCUT2D eigenvalue weighted by atomic mass is 10.1. The van der Waals surface area contributed by atoms with Crippen LogP contribution in [0.1, 0.15) is 32.1 Å². The van der Waals surface area contributed by atoms with Gasteiger partial charge in [-0.05, 0) is 59.9 Å². The van der Waals surface area contributed by atoms with Gasteiger partial charge in [-0.3, -0.25) is 9.59 Å². The van der Waals surface area contributed by atoms with Gasteiger partial charge in [-0.15, -0.1) is 23.5 Å². The number of hydrogen-bond acceptors (Lipinski definition) is 6. The van der Waals surface area contributed by atoms with Crippen molar-refractivity contribution in [2.45, 2.75) is 37.0 Å². The van der Waals surface area contributed by atoms with Crippen LogP contribution in [0.4, 0.5) is 0 Å². The van der Waals surface area contributed by atoms with Crippen molar-refractivity contribution in [2.75, 3.05) is 11.5 Å². The van der Waals surface area contributed by atoms with E-state index in [0.29, 0.717) is 12.8 Å². The number of ketones is 2. The molecular formula is C19H22O4S2. The number of unbranched alkanes of at least 4 members (excludes halogenated alkanes) is 1. The van der Waals surface area contributed by atoms with E-state index in [9.17, 15) is 19.8 Å². The second-order valence-corrected chi connectivity index (χ2v) is 8.11. The Morgan fingerprint density at radius 3 is 2.44 bits per heavy atom. The third kappa shape index (κ3) is 7.40. The Kier molecular flexibility index (Phi) is 8.15. The number of Topliss-reactive ketones (excluding diaryl/α,β-unsaturated/α-hetero) is 2. The highest BCUT2D eigenvalue weighted by Gasteiger charge is 2.14. The third-order valence-corrected chi connectivity index (χ3v) is 5.83. The summed E-state index contributed by atoms with van der Waals surface area (Å²) in [7, 11) is 0. The Balaban J connectivity index is 1.52. The fourth-order valence-corrected chi connectivity index (χ4v) is 4.15. The Bertz CT molecular complexity index is 663. The summed E-state index contributed by atoms with van der Waals surface area (Å²) in [5, 5.41) is 18.4. The lowest BCUT2D eigenvalue weighted by Gasteiger charge is -2.09. The monoisotopic (exact) mass is 378 g/mol. The molecule has 1 aromatic rings. The number of thioether (sulfide) groups is 2. The number of allylic oxidation sites excluding steroid dienone is 4. The second-order valence-electron chi connectivity index (χ2n) is 5.72. The number of aromatic hydroxyl groups is 1. The van der Waals surface area contributed by atoms with Crippen molar-refractivity contribution in [3.63, 3.8) is 0 Å². The van der Waals surface area contributed by atoms with E-state index in [-0.39, 0.29) is 29.5 Å². The maximum Gasteiger partial charge on any atom is 0.201 e. The molecule has 1 aliphatic rings. The minimum atomic E-state index is -0.230. The molecule has 0 bridgehead atoms. The molecule has 0 unspecified atom stereocenters. The molecule has 6 heteroatoms. The van der Waals surface area contributed by atoms with Gasteiger partial charge in [0.25, 0.3) is 0 Å². The van der Waals surface area contributed by atoms with Crippen LogP contribution in [0, 0.1) is 0 Å². The van der Waals surface area contributed by atoms with Gasteiger partial charge in [0.1, 0.15) is 11.5 Å². The highest BCUT2D eigenvalue weighted by molar-refractivity contribution is 8.03. The highest BCUT2D eigenvalue weighted by atomic mass is 32.2.